The minimum absolute atomic E-state index is 0.124. The van der Waals surface area contributed by atoms with Crippen molar-refractivity contribution in [2.24, 2.45) is 0 Å². The molecule has 0 aromatic heterocycles. The summed E-state index contributed by atoms with van der Waals surface area (Å²) in [6.45, 7) is 4.42. The lowest BCUT2D eigenvalue weighted by molar-refractivity contribution is -0.127. The Morgan fingerprint density at radius 1 is 1.35 bits per heavy atom. The van der Waals surface area contributed by atoms with E-state index in [9.17, 15) is 4.79 Å². The predicted molar refractivity (Wildman–Crippen MR) is 83.0 cm³/mol. The fraction of sp³-hybridized carbons (Fsp3) is 0.562. The van der Waals surface area contributed by atoms with Gasteiger partial charge in [0.15, 0.2) is 0 Å². The lowest BCUT2D eigenvalue weighted by Crippen LogP contribution is -2.57. The molecule has 1 aromatic rings. The number of nitrogens with one attached hydrogen (secondary N) is 2. The van der Waals surface area contributed by atoms with Gasteiger partial charge in [-0.2, -0.15) is 0 Å². The van der Waals surface area contributed by atoms with E-state index in [2.05, 4.69) is 27.7 Å². The Labute approximate surface area is 121 Å². The molecule has 0 aliphatic carbocycles. The molecule has 4 heteroatoms. The van der Waals surface area contributed by atoms with Gasteiger partial charge in [-0.15, -0.1) is 0 Å². The van der Waals surface area contributed by atoms with Gasteiger partial charge in [-0.25, -0.2) is 0 Å². The molecule has 2 rings (SSSR count). The van der Waals surface area contributed by atoms with Crippen molar-refractivity contribution in [1.82, 2.24) is 10.6 Å². The summed E-state index contributed by atoms with van der Waals surface area (Å²) in [5, 5.41) is 6.39. The molecular formula is C16H25N3O. The first-order chi connectivity index (χ1) is 9.62. The van der Waals surface area contributed by atoms with E-state index in [1.807, 2.05) is 32.2 Å². The second-order valence-electron chi connectivity index (χ2n) is 5.73. The number of benzene rings is 1. The summed E-state index contributed by atoms with van der Waals surface area (Å²) < 4.78 is 0. The molecule has 1 aliphatic heterocycles. The van der Waals surface area contributed by atoms with Crippen LogP contribution in [0.15, 0.2) is 30.3 Å². The number of rotatable bonds is 5. The average molecular weight is 275 g/mol. The van der Waals surface area contributed by atoms with Crippen molar-refractivity contribution in [1.29, 1.82) is 0 Å². The van der Waals surface area contributed by atoms with Gasteiger partial charge in [0.05, 0.1) is 5.54 Å². The lowest BCUT2D eigenvalue weighted by atomic mass is 9.90. The summed E-state index contributed by atoms with van der Waals surface area (Å²) in [5.41, 5.74) is 0.785. The predicted octanol–water partition coefficient (Wildman–Crippen LogP) is 1.77. The Kier molecular flexibility index (Phi) is 5.01. The normalized spacial score (nSPS) is 22.3. The number of likely N-dealkylation sites (N-methyl/N-ethyl adjacent to an activating group) is 1. The van der Waals surface area contributed by atoms with Crippen LogP contribution in [0.5, 0.6) is 0 Å². The highest BCUT2D eigenvalue weighted by Crippen LogP contribution is 2.18. The summed E-state index contributed by atoms with van der Waals surface area (Å²) in [6.07, 6.45) is 3.22. The van der Waals surface area contributed by atoms with Crippen LogP contribution in [-0.2, 0) is 4.79 Å². The summed E-state index contributed by atoms with van der Waals surface area (Å²) in [4.78, 5) is 14.4. The molecular weight excluding hydrogens is 250 g/mol. The second-order valence-corrected chi connectivity index (χ2v) is 5.73. The highest BCUT2D eigenvalue weighted by molar-refractivity contribution is 5.86. The van der Waals surface area contributed by atoms with Gasteiger partial charge in [-0.3, -0.25) is 4.79 Å². The maximum absolute atomic E-state index is 12.2. The number of carbonyl (C=O) groups is 1. The van der Waals surface area contributed by atoms with Crippen molar-refractivity contribution in [2.75, 3.05) is 31.6 Å². The summed E-state index contributed by atoms with van der Waals surface area (Å²) in [7, 11) is 2.04. The van der Waals surface area contributed by atoms with Crippen molar-refractivity contribution >= 4 is 11.6 Å². The zero-order chi connectivity index (χ0) is 14.4. The van der Waals surface area contributed by atoms with Crippen LogP contribution in [0.4, 0.5) is 5.69 Å². The Morgan fingerprint density at radius 2 is 2.10 bits per heavy atom. The number of piperidine rings is 1. The fourth-order valence-electron chi connectivity index (χ4n) is 2.59. The number of para-hydroxylation sites is 1. The number of nitrogens with zero attached hydrogens (tertiary/aromatic N) is 1. The van der Waals surface area contributed by atoms with Crippen LogP contribution in [0, 0.1) is 0 Å². The van der Waals surface area contributed by atoms with Gasteiger partial charge in [0.25, 0.3) is 0 Å². The number of hydrogen-bond acceptors (Lipinski definition) is 3. The molecule has 1 aliphatic rings. The van der Waals surface area contributed by atoms with Crippen LogP contribution in [0.1, 0.15) is 26.2 Å². The molecule has 1 amide bonds. The summed E-state index contributed by atoms with van der Waals surface area (Å²) in [5.74, 6) is 0.124. The van der Waals surface area contributed by atoms with Crippen LogP contribution in [-0.4, -0.2) is 38.1 Å². The van der Waals surface area contributed by atoms with E-state index in [-0.39, 0.29) is 11.4 Å². The fourth-order valence-corrected chi connectivity index (χ4v) is 2.59. The number of carbonyl (C=O) groups excluding carboxylic acids is 1. The third-order valence-corrected chi connectivity index (χ3v) is 4.05. The molecule has 0 spiro atoms. The summed E-state index contributed by atoms with van der Waals surface area (Å²) in [6, 6.07) is 10.2. The van der Waals surface area contributed by atoms with E-state index in [1.165, 1.54) is 12.1 Å². The lowest BCUT2D eigenvalue weighted by Gasteiger charge is -2.33. The molecule has 1 fully saturated rings. The molecule has 0 radical (unpaired) electrons. The molecule has 1 saturated heterocycles. The third kappa shape index (κ3) is 3.73. The SMILES string of the molecule is CN(CCNC(=O)C1(C)CCCCN1)c1ccccc1. The van der Waals surface area contributed by atoms with Gasteiger partial charge in [0.2, 0.25) is 5.91 Å². The minimum atomic E-state index is -0.385. The van der Waals surface area contributed by atoms with E-state index < -0.39 is 0 Å². The highest BCUT2D eigenvalue weighted by Gasteiger charge is 2.33. The van der Waals surface area contributed by atoms with E-state index >= 15 is 0 Å². The maximum Gasteiger partial charge on any atom is 0.240 e. The zero-order valence-corrected chi connectivity index (χ0v) is 12.5. The molecule has 1 heterocycles. The standard InChI is InChI=1S/C16H25N3O/c1-16(10-6-7-11-18-16)15(20)17-12-13-19(2)14-8-4-3-5-9-14/h3-5,8-9,18H,6-7,10-13H2,1-2H3,(H,17,20). The van der Waals surface area contributed by atoms with Crippen LogP contribution in [0.2, 0.25) is 0 Å². The van der Waals surface area contributed by atoms with Gasteiger partial charge >= 0.3 is 0 Å². The highest BCUT2D eigenvalue weighted by atomic mass is 16.2. The van der Waals surface area contributed by atoms with Gasteiger partial charge in [-0.1, -0.05) is 18.2 Å². The molecule has 4 nitrogen and oxygen atoms in total. The van der Waals surface area contributed by atoms with Gasteiger partial charge in [0, 0.05) is 25.8 Å². The quantitative estimate of drug-likeness (QED) is 0.861. The van der Waals surface area contributed by atoms with Crippen molar-refractivity contribution in [3.63, 3.8) is 0 Å². The molecule has 1 atom stereocenters. The average Bonchev–Trinajstić information content (AvgIpc) is 2.48. The summed E-state index contributed by atoms with van der Waals surface area (Å²) >= 11 is 0. The van der Waals surface area contributed by atoms with Gasteiger partial charge < -0.3 is 15.5 Å². The number of anilines is 1. The van der Waals surface area contributed by atoms with Crippen molar-refractivity contribution < 1.29 is 4.79 Å². The molecule has 20 heavy (non-hydrogen) atoms. The Balaban J connectivity index is 1.76. The topological polar surface area (TPSA) is 44.4 Å². The first-order valence-electron chi connectivity index (χ1n) is 7.41. The second kappa shape index (κ2) is 6.75. The van der Waals surface area contributed by atoms with Crippen molar-refractivity contribution in [3.05, 3.63) is 30.3 Å². The molecule has 2 N–H and O–H groups in total. The van der Waals surface area contributed by atoms with E-state index in [0.717, 1.165) is 25.9 Å². The smallest absolute Gasteiger partial charge is 0.240 e. The van der Waals surface area contributed by atoms with E-state index in [0.29, 0.717) is 6.54 Å². The van der Waals surface area contributed by atoms with Gasteiger partial charge in [-0.05, 0) is 44.9 Å². The van der Waals surface area contributed by atoms with Crippen LogP contribution in [0.3, 0.4) is 0 Å². The number of amides is 1. The van der Waals surface area contributed by atoms with Crippen LogP contribution >= 0.6 is 0 Å². The molecule has 1 aromatic carbocycles. The Hall–Kier alpha value is -1.55. The Morgan fingerprint density at radius 3 is 2.75 bits per heavy atom. The van der Waals surface area contributed by atoms with E-state index in [4.69, 9.17) is 0 Å². The molecule has 0 saturated carbocycles. The largest absolute Gasteiger partial charge is 0.373 e. The van der Waals surface area contributed by atoms with Gasteiger partial charge in [0.1, 0.15) is 0 Å². The van der Waals surface area contributed by atoms with Crippen molar-refractivity contribution in [3.8, 4) is 0 Å². The third-order valence-electron chi connectivity index (χ3n) is 4.05. The zero-order valence-electron chi connectivity index (χ0n) is 12.5. The van der Waals surface area contributed by atoms with Crippen LogP contribution in [0.25, 0.3) is 0 Å². The first kappa shape index (κ1) is 14.9. The molecule has 110 valence electrons. The Bertz CT molecular complexity index is 427. The molecule has 1 unspecified atom stereocenters. The van der Waals surface area contributed by atoms with Crippen LogP contribution < -0.4 is 15.5 Å². The minimum Gasteiger partial charge on any atom is -0.373 e. The van der Waals surface area contributed by atoms with E-state index in [1.54, 1.807) is 0 Å². The molecule has 0 bridgehead atoms. The monoisotopic (exact) mass is 275 g/mol. The first-order valence-corrected chi connectivity index (χ1v) is 7.41. The number of hydrogen-bond donors (Lipinski definition) is 2. The maximum atomic E-state index is 12.2. The van der Waals surface area contributed by atoms with Crippen molar-refractivity contribution in [2.45, 2.75) is 31.7 Å².